The molecule has 0 radical (unpaired) electrons. The van der Waals surface area contributed by atoms with Crippen molar-refractivity contribution in [1.29, 1.82) is 0 Å². The first-order chi connectivity index (χ1) is 9.11. The van der Waals surface area contributed by atoms with Gasteiger partial charge in [-0.15, -0.1) is 0 Å². The van der Waals surface area contributed by atoms with Crippen LogP contribution in [0.4, 0.5) is 0 Å². The molecule has 1 atom stereocenters. The molecule has 0 bridgehead atoms. The molecule has 6 nitrogen and oxygen atoms in total. The maximum atomic E-state index is 10.8. The van der Waals surface area contributed by atoms with E-state index in [0.717, 1.165) is 6.42 Å². The van der Waals surface area contributed by atoms with E-state index in [1.807, 2.05) is 0 Å². The number of methoxy groups -OCH3 is 1. The van der Waals surface area contributed by atoms with Crippen LogP contribution in [0.5, 0.6) is 17.2 Å². The van der Waals surface area contributed by atoms with E-state index < -0.39 is 12.0 Å². The summed E-state index contributed by atoms with van der Waals surface area (Å²) in [5.74, 6) is 0.725. The highest BCUT2D eigenvalue weighted by Gasteiger charge is 2.19. The third-order valence-electron chi connectivity index (χ3n) is 2.91. The predicted molar refractivity (Wildman–Crippen MR) is 67.9 cm³/mol. The van der Waals surface area contributed by atoms with Crippen LogP contribution in [0, 0.1) is 0 Å². The minimum Gasteiger partial charge on any atom is -0.496 e. The lowest BCUT2D eigenvalue weighted by molar-refractivity contribution is -0.138. The van der Waals surface area contributed by atoms with E-state index in [9.17, 15) is 4.79 Å². The second kappa shape index (κ2) is 5.79. The highest BCUT2D eigenvalue weighted by atomic mass is 16.5. The fraction of sp³-hybridized carbons (Fsp3) is 0.462. The van der Waals surface area contributed by atoms with E-state index in [2.05, 4.69) is 0 Å². The van der Waals surface area contributed by atoms with Gasteiger partial charge in [0.1, 0.15) is 11.8 Å². The molecule has 1 heterocycles. The smallest absolute Gasteiger partial charge is 0.320 e. The maximum Gasteiger partial charge on any atom is 0.320 e. The Kier molecular flexibility index (Phi) is 4.11. The largest absolute Gasteiger partial charge is 0.496 e. The number of carbonyl (C=O) groups is 1. The van der Waals surface area contributed by atoms with Crippen molar-refractivity contribution in [2.45, 2.75) is 18.9 Å². The zero-order valence-corrected chi connectivity index (χ0v) is 10.7. The molecule has 0 saturated heterocycles. The summed E-state index contributed by atoms with van der Waals surface area (Å²) in [5, 5.41) is 8.87. The zero-order chi connectivity index (χ0) is 13.8. The molecular weight excluding hydrogens is 250 g/mol. The van der Waals surface area contributed by atoms with Gasteiger partial charge in [-0.3, -0.25) is 4.79 Å². The summed E-state index contributed by atoms with van der Waals surface area (Å²) in [6.07, 6.45) is 0.982. The molecule has 104 valence electrons. The molecule has 1 aromatic carbocycles. The summed E-state index contributed by atoms with van der Waals surface area (Å²) >= 11 is 0. The number of fused-ring (bicyclic) bond motifs is 1. The standard InChI is InChI=1S/C13H17NO5/c1-17-10-7-12-11(18-3-2-4-19-12)6-8(10)5-9(14)13(15)16/h6-7,9H,2-5,14H2,1H3,(H,15,16). The monoisotopic (exact) mass is 267 g/mol. The lowest BCUT2D eigenvalue weighted by Crippen LogP contribution is -2.32. The molecule has 2 rings (SSSR count). The van der Waals surface area contributed by atoms with E-state index in [1.54, 1.807) is 12.1 Å². The summed E-state index contributed by atoms with van der Waals surface area (Å²) in [7, 11) is 1.52. The van der Waals surface area contributed by atoms with Crippen LogP contribution in [0.1, 0.15) is 12.0 Å². The minimum absolute atomic E-state index is 0.176. The highest BCUT2D eigenvalue weighted by molar-refractivity contribution is 5.73. The number of hydrogen-bond donors (Lipinski definition) is 2. The van der Waals surface area contributed by atoms with E-state index in [0.29, 0.717) is 36.0 Å². The molecule has 6 heteroatoms. The van der Waals surface area contributed by atoms with E-state index >= 15 is 0 Å². The fourth-order valence-corrected chi connectivity index (χ4v) is 1.91. The van der Waals surface area contributed by atoms with Crippen molar-refractivity contribution in [3.8, 4) is 17.2 Å². The van der Waals surface area contributed by atoms with Crippen LogP contribution in [0.3, 0.4) is 0 Å². The first-order valence-electron chi connectivity index (χ1n) is 6.06. The molecular formula is C13H17NO5. The Hall–Kier alpha value is -1.95. The summed E-state index contributed by atoms with van der Waals surface area (Å²) in [6.45, 7) is 1.16. The van der Waals surface area contributed by atoms with Gasteiger partial charge in [-0.2, -0.15) is 0 Å². The quantitative estimate of drug-likeness (QED) is 0.839. The molecule has 0 fully saturated rings. The van der Waals surface area contributed by atoms with Gasteiger partial charge in [-0.05, 0) is 6.07 Å². The fourth-order valence-electron chi connectivity index (χ4n) is 1.91. The van der Waals surface area contributed by atoms with Crippen LogP contribution >= 0.6 is 0 Å². The SMILES string of the molecule is COc1cc2c(cc1CC(N)C(=O)O)OCCCO2. The first-order valence-corrected chi connectivity index (χ1v) is 6.06. The average molecular weight is 267 g/mol. The number of carboxylic acid groups (broad SMARTS) is 1. The topological polar surface area (TPSA) is 91.0 Å². The van der Waals surface area contributed by atoms with Crippen molar-refractivity contribution in [3.63, 3.8) is 0 Å². The van der Waals surface area contributed by atoms with Gasteiger partial charge >= 0.3 is 5.97 Å². The molecule has 3 N–H and O–H groups in total. The molecule has 1 aliphatic rings. The maximum absolute atomic E-state index is 10.8. The molecule has 0 aliphatic carbocycles. The second-order valence-electron chi connectivity index (χ2n) is 4.31. The predicted octanol–water partition coefficient (Wildman–Crippen LogP) is 0.811. The molecule has 0 amide bonds. The van der Waals surface area contributed by atoms with Gasteiger partial charge in [0.2, 0.25) is 0 Å². The third kappa shape index (κ3) is 3.08. The van der Waals surface area contributed by atoms with Crippen LogP contribution in [-0.2, 0) is 11.2 Å². The number of benzene rings is 1. The molecule has 1 aromatic rings. The Morgan fingerprint density at radius 1 is 1.42 bits per heavy atom. The third-order valence-corrected chi connectivity index (χ3v) is 2.91. The van der Waals surface area contributed by atoms with Crippen molar-refractivity contribution in [1.82, 2.24) is 0 Å². The van der Waals surface area contributed by atoms with Crippen LogP contribution in [0.25, 0.3) is 0 Å². The lowest BCUT2D eigenvalue weighted by atomic mass is 10.0. The van der Waals surface area contributed by atoms with Gasteiger partial charge < -0.3 is 25.1 Å². The summed E-state index contributed by atoms with van der Waals surface area (Å²) in [6, 6.07) is 2.48. The Bertz CT molecular complexity index is 474. The molecule has 1 unspecified atom stereocenters. The molecule has 0 aromatic heterocycles. The van der Waals surface area contributed by atoms with Crippen LogP contribution in [-0.4, -0.2) is 37.4 Å². The van der Waals surface area contributed by atoms with Crippen molar-refractivity contribution in [3.05, 3.63) is 17.7 Å². The Morgan fingerprint density at radius 3 is 2.63 bits per heavy atom. The van der Waals surface area contributed by atoms with Gasteiger partial charge in [0.25, 0.3) is 0 Å². The van der Waals surface area contributed by atoms with Gasteiger partial charge in [-0.25, -0.2) is 0 Å². The Labute approximate surface area is 111 Å². The number of hydrogen-bond acceptors (Lipinski definition) is 5. The van der Waals surface area contributed by atoms with Crippen LogP contribution < -0.4 is 19.9 Å². The van der Waals surface area contributed by atoms with Crippen molar-refractivity contribution in [2.75, 3.05) is 20.3 Å². The van der Waals surface area contributed by atoms with Gasteiger partial charge in [0.15, 0.2) is 11.5 Å². The second-order valence-corrected chi connectivity index (χ2v) is 4.31. The number of ether oxygens (including phenoxy) is 3. The number of nitrogens with two attached hydrogens (primary N) is 1. The van der Waals surface area contributed by atoms with Gasteiger partial charge in [0, 0.05) is 24.5 Å². The normalized spacial score (nSPS) is 15.5. The number of rotatable bonds is 4. The van der Waals surface area contributed by atoms with Crippen LogP contribution in [0.15, 0.2) is 12.1 Å². The van der Waals surface area contributed by atoms with E-state index in [-0.39, 0.29) is 6.42 Å². The number of carboxylic acids is 1. The first kappa shape index (κ1) is 13.5. The Morgan fingerprint density at radius 2 is 2.05 bits per heavy atom. The lowest BCUT2D eigenvalue weighted by Gasteiger charge is -2.15. The van der Waals surface area contributed by atoms with Crippen molar-refractivity contribution in [2.24, 2.45) is 5.73 Å². The number of aliphatic carboxylic acids is 1. The molecule has 1 aliphatic heterocycles. The highest BCUT2D eigenvalue weighted by Crippen LogP contribution is 2.36. The van der Waals surface area contributed by atoms with Crippen molar-refractivity contribution < 1.29 is 24.1 Å². The van der Waals surface area contributed by atoms with Gasteiger partial charge in [0.05, 0.1) is 20.3 Å². The Balaban J connectivity index is 2.31. The summed E-state index contributed by atoms with van der Waals surface area (Å²) in [5.41, 5.74) is 6.25. The molecule has 0 spiro atoms. The molecule has 0 saturated carbocycles. The summed E-state index contributed by atoms with van der Waals surface area (Å²) in [4.78, 5) is 10.8. The average Bonchev–Trinajstić information content (AvgIpc) is 2.62. The van der Waals surface area contributed by atoms with Crippen molar-refractivity contribution >= 4 is 5.97 Å². The zero-order valence-electron chi connectivity index (χ0n) is 10.7. The van der Waals surface area contributed by atoms with Crippen LogP contribution in [0.2, 0.25) is 0 Å². The summed E-state index contributed by atoms with van der Waals surface area (Å²) < 4.78 is 16.4. The molecule has 19 heavy (non-hydrogen) atoms. The van der Waals surface area contributed by atoms with Gasteiger partial charge in [-0.1, -0.05) is 0 Å². The minimum atomic E-state index is -1.05. The van der Waals surface area contributed by atoms with E-state index in [4.69, 9.17) is 25.1 Å². The van der Waals surface area contributed by atoms with E-state index in [1.165, 1.54) is 7.11 Å².